The molecule has 0 unspecified atom stereocenters. The fourth-order valence-corrected chi connectivity index (χ4v) is 1.34. The highest BCUT2D eigenvalue weighted by atomic mass is 16.5. The molecule has 1 rings (SSSR count). The van der Waals surface area contributed by atoms with E-state index in [-0.39, 0.29) is 18.1 Å². The fourth-order valence-electron chi connectivity index (χ4n) is 1.34. The second-order valence-electron chi connectivity index (χ2n) is 3.47. The number of benzene rings is 1. The quantitative estimate of drug-likeness (QED) is 0.790. The SMILES string of the molecule is CC.COc1ccc(C(=O)CCCC(N)=O)cc1. The third kappa shape index (κ3) is 6.03. The highest BCUT2D eigenvalue weighted by molar-refractivity contribution is 5.96. The van der Waals surface area contributed by atoms with Gasteiger partial charge in [-0.1, -0.05) is 13.8 Å². The van der Waals surface area contributed by atoms with Gasteiger partial charge in [-0.15, -0.1) is 0 Å². The molecule has 0 fully saturated rings. The van der Waals surface area contributed by atoms with E-state index in [2.05, 4.69) is 0 Å². The van der Waals surface area contributed by atoms with Crippen LogP contribution < -0.4 is 10.5 Å². The molecular weight excluding hydrogens is 230 g/mol. The van der Waals surface area contributed by atoms with Gasteiger partial charge in [-0.25, -0.2) is 0 Å². The first-order valence-corrected chi connectivity index (χ1v) is 6.09. The Balaban J connectivity index is 0.00000137. The zero-order chi connectivity index (χ0) is 14.0. The van der Waals surface area contributed by atoms with Crippen LogP contribution in [-0.2, 0) is 4.79 Å². The molecule has 0 aromatic heterocycles. The van der Waals surface area contributed by atoms with E-state index in [9.17, 15) is 9.59 Å². The molecule has 4 nitrogen and oxygen atoms in total. The summed E-state index contributed by atoms with van der Waals surface area (Å²) in [7, 11) is 1.57. The van der Waals surface area contributed by atoms with Gasteiger partial charge in [0.15, 0.2) is 5.78 Å². The lowest BCUT2D eigenvalue weighted by Crippen LogP contribution is -2.10. The number of primary amides is 1. The Kier molecular flexibility index (Phi) is 8.27. The van der Waals surface area contributed by atoms with Crippen molar-refractivity contribution in [2.24, 2.45) is 5.73 Å². The molecule has 1 amide bonds. The molecule has 0 aliphatic carbocycles. The second kappa shape index (κ2) is 9.22. The molecule has 1 aromatic rings. The molecule has 0 spiro atoms. The van der Waals surface area contributed by atoms with E-state index in [0.717, 1.165) is 0 Å². The zero-order valence-electron chi connectivity index (χ0n) is 11.2. The molecule has 2 N–H and O–H groups in total. The average Bonchev–Trinajstić information content (AvgIpc) is 2.40. The largest absolute Gasteiger partial charge is 0.497 e. The molecule has 0 saturated carbocycles. The van der Waals surface area contributed by atoms with Gasteiger partial charge in [0.1, 0.15) is 5.75 Å². The van der Waals surface area contributed by atoms with Crippen molar-refractivity contribution in [3.8, 4) is 5.75 Å². The average molecular weight is 251 g/mol. The standard InChI is InChI=1S/C12H15NO3.C2H6/c1-16-10-7-5-9(6-8-10)11(14)3-2-4-12(13)15;1-2/h5-8H,2-4H2,1H3,(H2,13,15);1-2H3. The Hall–Kier alpha value is -1.84. The summed E-state index contributed by atoms with van der Waals surface area (Å²) < 4.78 is 4.99. The van der Waals surface area contributed by atoms with Crippen LogP contribution in [0.4, 0.5) is 0 Å². The number of amides is 1. The zero-order valence-corrected chi connectivity index (χ0v) is 11.2. The van der Waals surface area contributed by atoms with E-state index < -0.39 is 0 Å². The summed E-state index contributed by atoms with van der Waals surface area (Å²) in [5.41, 5.74) is 5.62. The lowest BCUT2D eigenvalue weighted by molar-refractivity contribution is -0.118. The van der Waals surface area contributed by atoms with Crippen LogP contribution in [0.25, 0.3) is 0 Å². The number of hydrogen-bond acceptors (Lipinski definition) is 3. The monoisotopic (exact) mass is 251 g/mol. The number of nitrogens with two attached hydrogens (primary N) is 1. The predicted octanol–water partition coefficient (Wildman–Crippen LogP) is 2.56. The third-order valence-corrected chi connectivity index (χ3v) is 2.24. The third-order valence-electron chi connectivity index (χ3n) is 2.24. The van der Waals surface area contributed by atoms with Crippen LogP contribution in [0.5, 0.6) is 5.75 Å². The molecule has 0 aliphatic heterocycles. The van der Waals surface area contributed by atoms with Crippen molar-refractivity contribution in [1.29, 1.82) is 0 Å². The molecule has 0 aliphatic rings. The van der Waals surface area contributed by atoms with Crippen molar-refractivity contribution in [3.05, 3.63) is 29.8 Å². The number of methoxy groups -OCH3 is 1. The summed E-state index contributed by atoms with van der Waals surface area (Å²) >= 11 is 0. The summed E-state index contributed by atoms with van der Waals surface area (Å²) in [6, 6.07) is 6.90. The van der Waals surface area contributed by atoms with E-state index >= 15 is 0 Å². The number of Topliss-reactive ketones (excluding diaryl/α,β-unsaturated/α-hetero) is 1. The number of ether oxygens (including phenoxy) is 1. The van der Waals surface area contributed by atoms with E-state index in [1.165, 1.54) is 0 Å². The van der Waals surface area contributed by atoms with Gasteiger partial charge in [0.05, 0.1) is 7.11 Å². The van der Waals surface area contributed by atoms with Gasteiger partial charge >= 0.3 is 0 Å². The van der Waals surface area contributed by atoms with Crippen LogP contribution in [0.1, 0.15) is 43.5 Å². The Labute approximate surface area is 108 Å². The van der Waals surface area contributed by atoms with Crippen LogP contribution in [0.2, 0.25) is 0 Å². The Bertz CT molecular complexity index is 371. The lowest BCUT2D eigenvalue weighted by atomic mass is 10.1. The minimum atomic E-state index is -0.373. The molecule has 4 heteroatoms. The molecule has 0 atom stereocenters. The van der Waals surface area contributed by atoms with Gasteiger partial charge in [0.2, 0.25) is 5.91 Å². The number of rotatable bonds is 6. The van der Waals surface area contributed by atoms with Crippen molar-refractivity contribution in [2.45, 2.75) is 33.1 Å². The normalized spacial score (nSPS) is 9.06. The van der Waals surface area contributed by atoms with Crippen LogP contribution in [-0.4, -0.2) is 18.8 Å². The maximum Gasteiger partial charge on any atom is 0.217 e. The highest BCUT2D eigenvalue weighted by Crippen LogP contribution is 2.13. The first-order valence-electron chi connectivity index (χ1n) is 6.09. The fraction of sp³-hybridized carbons (Fsp3) is 0.429. The maximum absolute atomic E-state index is 11.6. The van der Waals surface area contributed by atoms with E-state index in [0.29, 0.717) is 24.2 Å². The van der Waals surface area contributed by atoms with Gasteiger partial charge in [-0.05, 0) is 30.7 Å². The number of carbonyl (C=O) groups is 2. The summed E-state index contributed by atoms with van der Waals surface area (Å²) in [5.74, 6) is 0.361. The molecule has 0 bridgehead atoms. The maximum atomic E-state index is 11.6. The molecular formula is C14H21NO3. The Morgan fingerprint density at radius 3 is 2.11 bits per heavy atom. The molecule has 100 valence electrons. The topological polar surface area (TPSA) is 69.4 Å². The molecule has 18 heavy (non-hydrogen) atoms. The van der Waals surface area contributed by atoms with Gasteiger partial charge in [0, 0.05) is 18.4 Å². The summed E-state index contributed by atoms with van der Waals surface area (Å²) in [6.45, 7) is 4.00. The van der Waals surface area contributed by atoms with Crippen LogP contribution >= 0.6 is 0 Å². The smallest absolute Gasteiger partial charge is 0.217 e. The van der Waals surface area contributed by atoms with E-state index in [1.54, 1.807) is 31.4 Å². The molecule has 1 aromatic carbocycles. The first kappa shape index (κ1) is 16.2. The first-order chi connectivity index (χ1) is 8.63. The summed E-state index contributed by atoms with van der Waals surface area (Å²) in [6.07, 6.45) is 1.09. The second-order valence-corrected chi connectivity index (χ2v) is 3.47. The van der Waals surface area contributed by atoms with Gasteiger partial charge in [-0.2, -0.15) is 0 Å². The van der Waals surface area contributed by atoms with E-state index in [4.69, 9.17) is 10.5 Å². The van der Waals surface area contributed by atoms with E-state index in [1.807, 2.05) is 13.8 Å². The summed E-state index contributed by atoms with van der Waals surface area (Å²) in [4.78, 5) is 22.1. The van der Waals surface area contributed by atoms with Crippen LogP contribution in [0, 0.1) is 0 Å². The molecule has 0 saturated heterocycles. The minimum absolute atomic E-state index is 0.0175. The van der Waals surface area contributed by atoms with Gasteiger partial charge in [0.25, 0.3) is 0 Å². The highest BCUT2D eigenvalue weighted by Gasteiger charge is 2.06. The van der Waals surface area contributed by atoms with Crippen molar-refractivity contribution >= 4 is 11.7 Å². The van der Waals surface area contributed by atoms with Crippen LogP contribution in [0.3, 0.4) is 0 Å². The van der Waals surface area contributed by atoms with Gasteiger partial charge < -0.3 is 10.5 Å². The van der Waals surface area contributed by atoms with Crippen molar-refractivity contribution < 1.29 is 14.3 Å². The minimum Gasteiger partial charge on any atom is -0.497 e. The molecule has 0 radical (unpaired) electrons. The predicted molar refractivity (Wildman–Crippen MR) is 71.7 cm³/mol. The van der Waals surface area contributed by atoms with Crippen molar-refractivity contribution in [3.63, 3.8) is 0 Å². The number of ketones is 1. The van der Waals surface area contributed by atoms with Gasteiger partial charge in [-0.3, -0.25) is 9.59 Å². The number of carbonyl (C=O) groups excluding carboxylic acids is 2. The Morgan fingerprint density at radius 1 is 1.11 bits per heavy atom. The van der Waals surface area contributed by atoms with Crippen molar-refractivity contribution in [1.82, 2.24) is 0 Å². The Morgan fingerprint density at radius 2 is 1.67 bits per heavy atom. The molecule has 0 heterocycles. The van der Waals surface area contributed by atoms with Crippen molar-refractivity contribution in [2.75, 3.05) is 7.11 Å². The lowest BCUT2D eigenvalue weighted by Gasteiger charge is -2.02. The summed E-state index contributed by atoms with van der Waals surface area (Å²) in [5, 5.41) is 0. The van der Waals surface area contributed by atoms with Crippen LogP contribution in [0.15, 0.2) is 24.3 Å². The number of hydrogen-bond donors (Lipinski definition) is 1.